The number of halogens is 1. The highest BCUT2D eigenvalue weighted by Gasteiger charge is 2.07. The average molecular weight is 283 g/mol. The minimum atomic E-state index is -0.315. The number of benzene rings is 2. The molecule has 21 heavy (non-hydrogen) atoms. The van der Waals surface area contributed by atoms with E-state index in [-0.39, 0.29) is 19.0 Å². The van der Waals surface area contributed by atoms with Gasteiger partial charge >= 0.3 is 0 Å². The molecule has 0 spiro atoms. The van der Waals surface area contributed by atoms with Crippen LogP contribution in [0.2, 0.25) is 0 Å². The van der Waals surface area contributed by atoms with E-state index in [0.29, 0.717) is 11.1 Å². The highest BCUT2D eigenvalue weighted by molar-refractivity contribution is 5.40. The number of ether oxygens (including phenoxy) is 1. The molecule has 0 saturated heterocycles. The van der Waals surface area contributed by atoms with Crippen LogP contribution in [-0.4, -0.2) is 6.54 Å². The summed E-state index contributed by atoms with van der Waals surface area (Å²) in [5.41, 5.74) is 8.51. The van der Waals surface area contributed by atoms with E-state index in [1.807, 2.05) is 32.0 Å². The highest BCUT2D eigenvalue weighted by Crippen LogP contribution is 2.24. The molecule has 2 aromatic carbocycles. The van der Waals surface area contributed by atoms with Gasteiger partial charge in [0.15, 0.2) is 0 Å². The molecular formula is C18H18FNO. The van der Waals surface area contributed by atoms with E-state index < -0.39 is 0 Å². The Bertz CT molecular complexity index is 678. The van der Waals surface area contributed by atoms with E-state index in [9.17, 15) is 4.39 Å². The Morgan fingerprint density at radius 3 is 2.48 bits per heavy atom. The molecule has 0 radical (unpaired) electrons. The van der Waals surface area contributed by atoms with Gasteiger partial charge in [-0.2, -0.15) is 0 Å². The van der Waals surface area contributed by atoms with Crippen LogP contribution in [0.15, 0.2) is 36.4 Å². The lowest BCUT2D eigenvalue weighted by molar-refractivity contribution is 0.296. The maximum absolute atomic E-state index is 14.0. The summed E-state index contributed by atoms with van der Waals surface area (Å²) in [6.45, 7) is 4.41. The molecule has 0 amide bonds. The number of hydrogen-bond donors (Lipinski definition) is 1. The van der Waals surface area contributed by atoms with Crippen LogP contribution in [0.3, 0.4) is 0 Å². The number of nitrogens with two attached hydrogens (primary N) is 1. The Balaban J connectivity index is 2.14. The van der Waals surface area contributed by atoms with E-state index in [4.69, 9.17) is 10.5 Å². The fourth-order valence-electron chi connectivity index (χ4n) is 2.07. The van der Waals surface area contributed by atoms with Crippen LogP contribution in [0, 0.1) is 31.5 Å². The number of rotatable bonds is 3. The van der Waals surface area contributed by atoms with Gasteiger partial charge in [-0.1, -0.05) is 36.1 Å². The SMILES string of the molecule is Cc1cccc(C)c1OCc1ccc(C#CCN)cc1F. The van der Waals surface area contributed by atoms with Crippen molar-refractivity contribution in [2.75, 3.05) is 6.54 Å². The predicted molar refractivity (Wildman–Crippen MR) is 82.6 cm³/mol. The van der Waals surface area contributed by atoms with Gasteiger partial charge in [0.25, 0.3) is 0 Å². The van der Waals surface area contributed by atoms with Crippen molar-refractivity contribution in [3.8, 4) is 17.6 Å². The topological polar surface area (TPSA) is 35.2 Å². The molecule has 2 nitrogen and oxygen atoms in total. The second kappa shape index (κ2) is 6.92. The molecule has 0 aromatic heterocycles. The fraction of sp³-hybridized carbons (Fsp3) is 0.222. The third-order valence-electron chi connectivity index (χ3n) is 3.17. The molecule has 2 N–H and O–H groups in total. The number of para-hydroxylation sites is 1. The third kappa shape index (κ3) is 3.84. The minimum Gasteiger partial charge on any atom is -0.488 e. The molecule has 2 rings (SSSR count). The van der Waals surface area contributed by atoms with Crippen molar-refractivity contribution in [1.29, 1.82) is 0 Å². The second-order valence-corrected chi connectivity index (χ2v) is 4.82. The minimum absolute atomic E-state index is 0.197. The second-order valence-electron chi connectivity index (χ2n) is 4.82. The van der Waals surface area contributed by atoms with Gasteiger partial charge in [0, 0.05) is 11.1 Å². The van der Waals surface area contributed by atoms with Crippen LogP contribution in [0.4, 0.5) is 4.39 Å². The largest absolute Gasteiger partial charge is 0.488 e. The van der Waals surface area contributed by atoms with Crippen molar-refractivity contribution >= 4 is 0 Å². The molecule has 108 valence electrons. The molecule has 0 heterocycles. The lowest BCUT2D eigenvalue weighted by Crippen LogP contribution is -2.01. The third-order valence-corrected chi connectivity index (χ3v) is 3.17. The van der Waals surface area contributed by atoms with Gasteiger partial charge in [-0.05, 0) is 37.1 Å². The van der Waals surface area contributed by atoms with E-state index >= 15 is 0 Å². The summed E-state index contributed by atoms with van der Waals surface area (Å²) in [6.07, 6.45) is 0. The van der Waals surface area contributed by atoms with Crippen molar-refractivity contribution in [2.45, 2.75) is 20.5 Å². The smallest absolute Gasteiger partial charge is 0.131 e. The summed E-state index contributed by atoms with van der Waals surface area (Å²) in [6, 6.07) is 10.8. The number of aryl methyl sites for hydroxylation is 2. The molecule has 0 bridgehead atoms. The average Bonchev–Trinajstić information content (AvgIpc) is 2.46. The lowest BCUT2D eigenvalue weighted by atomic mass is 10.1. The van der Waals surface area contributed by atoms with Gasteiger partial charge in [-0.25, -0.2) is 4.39 Å². The van der Waals surface area contributed by atoms with Crippen molar-refractivity contribution < 1.29 is 9.13 Å². The Hall–Kier alpha value is -2.31. The Morgan fingerprint density at radius 2 is 1.86 bits per heavy atom. The van der Waals surface area contributed by atoms with Gasteiger partial charge in [-0.15, -0.1) is 0 Å². The van der Waals surface area contributed by atoms with Crippen LogP contribution in [0.5, 0.6) is 5.75 Å². The maximum atomic E-state index is 14.0. The molecular weight excluding hydrogens is 265 g/mol. The van der Waals surface area contributed by atoms with Gasteiger partial charge < -0.3 is 10.5 Å². The van der Waals surface area contributed by atoms with Crippen molar-refractivity contribution in [1.82, 2.24) is 0 Å². The summed E-state index contributed by atoms with van der Waals surface area (Å²) >= 11 is 0. The zero-order valence-electron chi connectivity index (χ0n) is 12.2. The lowest BCUT2D eigenvalue weighted by Gasteiger charge is -2.12. The van der Waals surface area contributed by atoms with Gasteiger partial charge in [0.05, 0.1) is 6.54 Å². The summed E-state index contributed by atoms with van der Waals surface area (Å²) in [4.78, 5) is 0. The van der Waals surface area contributed by atoms with Crippen molar-refractivity contribution in [3.05, 3.63) is 64.5 Å². The zero-order chi connectivity index (χ0) is 15.2. The van der Waals surface area contributed by atoms with E-state index in [0.717, 1.165) is 16.9 Å². The summed E-state index contributed by atoms with van der Waals surface area (Å²) < 4.78 is 19.8. The first-order chi connectivity index (χ1) is 10.1. The first kappa shape index (κ1) is 15.1. The standard InChI is InChI=1S/C18H18FNO/c1-13-5-3-6-14(2)18(13)21-12-16-9-8-15(7-4-10-20)11-17(16)19/h3,5-6,8-9,11H,10,12,20H2,1-2H3. The summed E-state index contributed by atoms with van der Waals surface area (Å²) in [5.74, 6) is 6.01. The first-order valence-corrected chi connectivity index (χ1v) is 6.78. The molecule has 0 aliphatic rings. The van der Waals surface area contributed by atoms with Crippen LogP contribution in [0.25, 0.3) is 0 Å². The zero-order valence-corrected chi connectivity index (χ0v) is 12.2. The van der Waals surface area contributed by atoms with Crippen molar-refractivity contribution in [3.63, 3.8) is 0 Å². The Kier molecular flexibility index (Phi) is 4.97. The Labute approximate surface area is 124 Å². The molecule has 0 atom stereocenters. The molecule has 0 saturated carbocycles. The van der Waals surface area contributed by atoms with Crippen molar-refractivity contribution in [2.24, 2.45) is 5.73 Å². The fourth-order valence-corrected chi connectivity index (χ4v) is 2.07. The van der Waals surface area contributed by atoms with E-state index in [2.05, 4.69) is 11.8 Å². The molecule has 0 unspecified atom stereocenters. The molecule has 0 aliphatic heterocycles. The van der Waals surface area contributed by atoms with Gasteiger partial charge in [0.2, 0.25) is 0 Å². The summed E-state index contributed by atoms with van der Waals surface area (Å²) in [7, 11) is 0. The number of hydrogen-bond acceptors (Lipinski definition) is 2. The van der Waals surface area contributed by atoms with Crippen LogP contribution in [-0.2, 0) is 6.61 Å². The molecule has 3 heteroatoms. The van der Waals surface area contributed by atoms with Crippen LogP contribution < -0.4 is 10.5 Å². The monoisotopic (exact) mass is 283 g/mol. The quantitative estimate of drug-likeness (QED) is 0.877. The normalized spacial score (nSPS) is 9.90. The molecule has 0 fully saturated rings. The van der Waals surface area contributed by atoms with Gasteiger partial charge in [-0.3, -0.25) is 0 Å². The van der Waals surface area contributed by atoms with E-state index in [1.165, 1.54) is 6.07 Å². The molecule has 2 aromatic rings. The van der Waals surface area contributed by atoms with Crippen LogP contribution in [0.1, 0.15) is 22.3 Å². The van der Waals surface area contributed by atoms with E-state index in [1.54, 1.807) is 12.1 Å². The highest BCUT2D eigenvalue weighted by atomic mass is 19.1. The van der Waals surface area contributed by atoms with Gasteiger partial charge in [0.1, 0.15) is 18.2 Å². The Morgan fingerprint density at radius 1 is 1.14 bits per heavy atom. The molecule has 0 aliphatic carbocycles. The summed E-state index contributed by atoms with van der Waals surface area (Å²) in [5, 5.41) is 0. The first-order valence-electron chi connectivity index (χ1n) is 6.78. The predicted octanol–water partition coefficient (Wildman–Crippen LogP) is 3.33. The maximum Gasteiger partial charge on any atom is 0.131 e. The van der Waals surface area contributed by atoms with Crippen LogP contribution >= 0.6 is 0 Å².